The molecule has 2 rings (SSSR count). The van der Waals surface area contributed by atoms with Crippen molar-refractivity contribution in [3.05, 3.63) is 29.6 Å². The van der Waals surface area contributed by atoms with E-state index in [1.165, 1.54) is 0 Å². The average Bonchev–Trinajstić information content (AvgIpc) is 2.76. The van der Waals surface area contributed by atoms with Crippen molar-refractivity contribution in [3.63, 3.8) is 0 Å². The highest BCUT2D eigenvalue weighted by atomic mass is 16.6. The van der Waals surface area contributed by atoms with Gasteiger partial charge in [-0.3, -0.25) is 4.98 Å². The molecular weight excluding hydrogens is 394 g/mol. The Hall–Kier alpha value is -1.17. The van der Waals surface area contributed by atoms with E-state index in [0.717, 1.165) is 11.4 Å². The molecular formula is C21H35NO8. The van der Waals surface area contributed by atoms with Crippen molar-refractivity contribution < 1.29 is 37.9 Å². The summed E-state index contributed by atoms with van der Waals surface area (Å²) in [4.78, 5) is 4.53. The molecule has 0 saturated heterocycles. The Morgan fingerprint density at radius 1 is 0.400 bits per heavy atom. The first-order valence-electron chi connectivity index (χ1n) is 10.5. The van der Waals surface area contributed by atoms with Gasteiger partial charge in [0.2, 0.25) is 0 Å². The number of hydrogen-bond acceptors (Lipinski definition) is 9. The zero-order chi connectivity index (χ0) is 21.0. The number of aromatic nitrogens is 1. The molecule has 9 nitrogen and oxygen atoms in total. The van der Waals surface area contributed by atoms with Crippen LogP contribution in [0, 0.1) is 0 Å². The lowest BCUT2D eigenvalue weighted by Gasteiger charge is -2.08. The molecule has 172 valence electrons. The molecule has 1 aliphatic rings. The Kier molecular flexibility index (Phi) is 15.5. The smallest absolute Gasteiger partial charge is 0.0889 e. The number of nitrogens with zero attached hydrogens (tertiary/aromatic N) is 1. The molecule has 0 unspecified atom stereocenters. The zero-order valence-electron chi connectivity index (χ0n) is 17.8. The summed E-state index contributed by atoms with van der Waals surface area (Å²) in [5.74, 6) is 0. The van der Waals surface area contributed by atoms with Crippen LogP contribution in [-0.4, -0.2) is 97.5 Å². The van der Waals surface area contributed by atoms with Gasteiger partial charge in [0.15, 0.2) is 0 Å². The van der Waals surface area contributed by atoms with Gasteiger partial charge in [0.25, 0.3) is 0 Å². The first-order chi connectivity index (χ1) is 14.9. The van der Waals surface area contributed by atoms with Gasteiger partial charge in [0.05, 0.1) is 117 Å². The zero-order valence-corrected chi connectivity index (χ0v) is 17.8. The van der Waals surface area contributed by atoms with Crippen LogP contribution in [0.25, 0.3) is 0 Å². The fourth-order valence-corrected chi connectivity index (χ4v) is 2.48. The monoisotopic (exact) mass is 429 g/mol. The summed E-state index contributed by atoms with van der Waals surface area (Å²) >= 11 is 0. The summed E-state index contributed by atoms with van der Waals surface area (Å²) in [6, 6.07) is 5.83. The van der Waals surface area contributed by atoms with Gasteiger partial charge < -0.3 is 37.9 Å². The van der Waals surface area contributed by atoms with Crippen molar-refractivity contribution >= 4 is 0 Å². The molecule has 2 bridgehead atoms. The maximum Gasteiger partial charge on any atom is 0.0889 e. The van der Waals surface area contributed by atoms with E-state index in [1.54, 1.807) is 0 Å². The van der Waals surface area contributed by atoms with Crippen molar-refractivity contribution in [2.75, 3.05) is 92.5 Å². The molecule has 1 aliphatic heterocycles. The second kappa shape index (κ2) is 18.6. The molecule has 0 amide bonds. The van der Waals surface area contributed by atoms with Crippen molar-refractivity contribution in [2.24, 2.45) is 0 Å². The summed E-state index contributed by atoms with van der Waals surface area (Å²) < 4.78 is 44.0. The van der Waals surface area contributed by atoms with Gasteiger partial charge in [0, 0.05) is 0 Å². The predicted molar refractivity (Wildman–Crippen MR) is 108 cm³/mol. The molecule has 0 fully saturated rings. The lowest BCUT2D eigenvalue weighted by Crippen LogP contribution is -2.14. The summed E-state index contributed by atoms with van der Waals surface area (Å²) in [5.41, 5.74) is 1.74. The second-order valence-electron chi connectivity index (χ2n) is 6.40. The van der Waals surface area contributed by atoms with Gasteiger partial charge >= 0.3 is 0 Å². The average molecular weight is 430 g/mol. The topological polar surface area (TPSA) is 86.7 Å². The Labute approximate surface area is 178 Å². The lowest BCUT2D eigenvalue weighted by atomic mass is 10.3. The molecule has 0 atom stereocenters. The highest BCUT2D eigenvalue weighted by molar-refractivity contribution is 5.09. The van der Waals surface area contributed by atoms with Gasteiger partial charge in [-0.1, -0.05) is 6.07 Å². The number of pyridine rings is 1. The molecule has 9 heteroatoms. The molecule has 0 radical (unpaired) electrons. The first kappa shape index (κ1) is 25.1. The molecule has 1 aromatic heterocycles. The van der Waals surface area contributed by atoms with Crippen molar-refractivity contribution in [2.45, 2.75) is 13.2 Å². The molecule has 2 heterocycles. The van der Waals surface area contributed by atoms with Crippen LogP contribution in [0.1, 0.15) is 11.4 Å². The minimum atomic E-state index is 0.442. The van der Waals surface area contributed by atoms with Crippen LogP contribution in [-0.2, 0) is 51.1 Å². The van der Waals surface area contributed by atoms with Gasteiger partial charge in [-0.05, 0) is 12.1 Å². The third kappa shape index (κ3) is 13.9. The molecule has 0 aliphatic carbocycles. The minimum Gasteiger partial charge on any atom is -0.377 e. The van der Waals surface area contributed by atoms with Crippen LogP contribution in [0.3, 0.4) is 0 Å². The highest BCUT2D eigenvalue weighted by Gasteiger charge is 2.00. The molecule has 1 aromatic rings. The van der Waals surface area contributed by atoms with Crippen molar-refractivity contribution in [1.82, 2.24) is 4.98 Å². The fourth-order valence-electron chi connectivity index (χ4n) is 2.48. The maximum atomic E-state index is 5.61. The molecule has 0 N–H and O–H groups in total. The first-order valence-corrected chi connectivity index (χ1v) is 10.5. The number of fused-ring (bicyclic) bond motifs is 2. The summed E-state index contributed by atoms with van der Waals surface area (Å²) in [6.07, 6.45) is 0. The number of rotatable bonds is 0. The lowest BCUT2D eigenvalue weighted by molar-refractivity contribution is -0.0238. The Balaban J connectivity index is 1.63. The van der Waals surface area contributed by atoms with Gasteiger partial charge in [0.1, 0.15) is 0 Å². The number of hydrogen-bond donors (Lipinski definition) is 0. The van der Waals surface area contributed by atoms with E-state index < -0.39 is 0 Å². The van der Waals surface area contributed by atoms with Crippen LogP contribution in [0.4, 0.5) is 0 Å². The van der Waals surface area contributed by atoms with E-state index in [1.807, 2.05) is 18.2 Å². The van der Waals surface area contributed by atoms with Gasteiger partial charge in [-0.2, -0.15) is 0 Å². The SMILES string of the molecule is c1cc2nc(c1)COCCOCCOCCOCCOCCOCCOCCOC2. The molecule has 0 aromatic carbocycles. The Morgan fingerprint density at radius 3 is 0.967 bits per heavy atom. The van der Waals surface area contributed by atoms with Crippen LogP contribution in [0.15, 0.2) is 18.2 Å². The van der Waals surface area contributed by atoms with E-state index in [9.17, 15) is 0 Å². The van der Waals surface area contributed by atoms with Crippen molar-refractivity contribution in [3.8, 4) is 0 Å². The van der Waals surface area contributed by atoms with Crippen LogP contribution >= 0.6 is 0 Å². The van der Waals surface area contributed by atoms with Gasteiger partial charge in [-0.15, -0.1) is 0 Å². The van der Waals surface area contributed by atoms with Gasteiger partial charge in [-0.25, -0.2) is 0 Å². The third-order valence-corrected chi connectivity index (χ3v) is 3.97. The second-order valence-corrected chi connectivity index (χ2v) is 6.40. The number of ether oxygens (including phenoxy) is 8. The van der Waals surface area contributed by atoms with Crippen LogP contribution in [0.2, 0.25) is 0 Å². The van der Waals surface area contributed by atoms with Crippen LogP contribution < -0.4 is 0 Å². The minimum absolute atomic E-state index is 0.442. The van der Waals surface area contributed by atoms with E-state index in [4.69, 9.17) is 37.9 Å². The Bertz CT molecular complexity index is 478. The quantitative estimate of drug-likeness (QED) is 0.604. The van der Waals surface area contributed by atoms with Crippen LogP contribution in [0.5, 0.6) is 0 Å². The van der Waals surface area contributed by atoms with E-state index in [2.05, 4.69) is 4.98 Å². The summed E-state index contributed by atoms with van der Waals surface area (Å²) in [7, 11) is 0. The fraction of sp³-hybridized carbons (Fsp3) is 0.762. The van der Waals surface area contributed by atoms with Crippen molar-refractivity contribution in [1.29, 1.82) is 0 Å². The molecule has 0 spiro atoms. The molecule has 30 heavy (non-hydrogen) atoms. The summed E-state index contributed by atoms with van der Waals surface area (Å²) in [6.45, 7) is 8.28. The third-order valence-electron chi connectivity index (χ3n) is 3.97. The largest absolute Gasteiger partial charge is 0.377 e. The Morgan fingerprint density at radius 2 is 0.667 bits per heavy atom. The normalized spacial score (nSPS) is 21.5. The van der Waals surface area contributed by atoms with E-state index in [0.29, 0.717) is 106 Å². The maximum absolute atomic E-state index is 5.61. The molecule has 0 saturated carbocycles. The van der Waals surface area contributed by atoms with E-state index >= 15 is 0 Å². The summed E-state index contributed by atoms with van der Waals surface area (Å²) in [5, 5.41) is 0. The highest BCUT2D eigenvalue weighted by Crippen LogP contribution is 2.03. The predicted octanol–water partition coefficient (Wildman–Crippen LogP) is 1.23. The van der Waals surface area contributed by atoms with E-state index in [-0.39, 0.29) is 0 Å². The standard InChI is InChI=1S/C21H35NO8/c1-2-20-18-29-16-14-27-12-10-25-8-6-23-4-5-24-7-9-26-11-13-28-15-17-30-19-21(3-1)22-20/h1-3H,4-19H2.